The van der Waals surface area contributed by atoms with E-state index < -0.39 is 15.8 Å². The van der Waals surface area contributed by atoms with Crippen LogP contribution in [-0.2, 0) is 0 Å². The van der Waals surface area contributed by atoms with Gasteiger partial charge in [-0.3, -0.25) is 4.99 Å². The first kappa shape index (κ1) is 34.2. The highest BCUT2D eigenvalue weighted by atomic mass is 31.1. The van der Waals surface area contributed by atoms with Gasteiger partial charge in [-0.2, -0.15) is 0 Å². The largest absolute Gasteiger partial charge is 0.456 e. The minimum absolute atomic E-state index is 0.829. The van der Waals surface area contributed by atoms with Crippen LogP contribution in [0.5, 0.6) is 11.5 Å². The molecule has 2 nitrogen and oxygen atoms in total. The molecule has 3 aromatic rings. The van der Waals surface area contributed by atoms with Crippen LogP contribution in [0.2, 0.25) is 0 Å². The Morgan fingerprint density at radius 3 is 2.02 bits per heavy atom. The molecule has 0 amide bonds. The minimum Gasteiger partial charge on any atom is -0.456 e. The molecule has 3 aromatic carbocycles. The number of para-hydroxylation sites is 2. The summed E-state index contributed by atoms with van der Waals surface area (Å²) in [5.74, 6) is 3.96. The fourth-order valence-corrected chi connectivity index (χ4v) is 9.44. The minimum atomic E-state index is -0.986. The Morgan fingerprint density at radius 1 is 0.841 bits per heavy atom. The molecule has 2 unspecified atom stereocenters. The van der Waals surface area contributed by atoms with Gasteiger partial charge in [-0.1, -0.05) is 128 Å². The van der Waals surface area contributed by atoms with Crippen molar-refractivity contribution in [1.29, 1.82) is 0 Å². The number of rotatable bonds is 11. The molecule has 1 aliphatic rings. The number of hydrogen-bond donors (Lipinski definition) is 0. The summed E-state index contributed by atoms with van der Waals surface area (Å²) in [6.07, 6.45) is 28.9. The van der Waals surface area contributed by atoms with Crippen molar-refractivity contribution in [2.75, 3.05) is 0 Å². The fraction of sp³-hybridized carbons (Fsp3) is 0.125. The van der Waals surface area contributed by atoms with Crippen LogP contribution in [0.1, 0.15) is 34.1 Å². The lowest BCUT2D eigenvalue weighted by molar-refractivity contribution is 0.490. The second kappa shape index (κ2) is 19.1. The molecule has 0 aromatic heterocycles. The zero-order chi connectivity index (χ0) is 31.6. The van der Waals surface area contributed by atoms with E-state index in [4.69, 9.17) is 9.73 Å². The molecule has 0 bridgehead atoms. The second-order valence-electron chi connectivity index (χ2n) is 9.37. The molecule has 222 valence electrons. The summed E-state index contributed by atoms with van der Waals surface area (Å²) in [6, 6.07) is 27.4. The average molecular weight is 614 g/mol. The zero-order valence-corrected chi connectivity index (χ0v) is 27.9. The van der Waals surface area contributed by atoms with Crippen molar-refractivity contribution in [3.05, 3.63) is 163 Å². The normalized spacial score (nSPS) is 14.7. The number of hydrogen-bond acceptors (Lipinski definition) is 2. The van der Waals surface area contributed by atoms with Gasteiger partial charge in [0.15, 0.2) is 0 Å². The summed E-state index contributed by atoms with van der Waals surface area (Å²) in [6.45, 7) is 11.8. The van der Waals surface area contributed by atoms with Gasteiger partial charge in [0.05, 0.1) is 5.45 Å². The quantitative estimate of drug-likeness (QED) is 0.0913. The summed E-state index contributed by atoms with van der Waals surface area (Å²) in [7, 11) is -1.82. The Labute approximate surface area is 267 Å². The Morgan fingerprint density at radius 2 is 1.43 bits per heavy atom. The molecule has 0 saturated carbocycles. The van der Waals surface area contributed by atoms with Crippen LogP contribution in [0, 0.1) is 12.3 Å². The molecule has 0 saturated heterocycles. The maximum Gasteiger partial charge on any atom is 0.135 e. The molecule has 44 heavy (non-hydrogen) atoms. The monoisotopic (exact) mass is 613 g/mol. The highest BCUT2D eigenvalue weighted by Crippen LogP contribution is 2.55. The first-order valence-electron chi connectivity index (χ1n) is 14.7. The Hall–Kier alpha value is -4.27. The lowest BCUT2D eigenvalue weighted by Crippen LogP contribution is -2.19. The van der Waals surface area contributed by atoms with Crippen LogP contribution >= 0.6 is 15.8 Å². The van der Waals surface area contributed by atoms with Gasteiger partial charge in [0, 0.05) is 24.7 Å². The standard InChI is InChI=1S/C37H37NOP2.C3H4/c1-5-20-30(7-3)40(31-22-12-9-10-13-23-31)35-28-18-16-26-33(35)39-34-27-17-19-29-36(34)41(32-24-14-11-15-25-32)37(21-6-2)38-8-4;1-3-2/h5-12,14-29H,4,13H2,1-3H3;1H,2H3/b20-5-,21-6-,30-7+,38-37?;. The van der Waals surface area contributed by atoms with E-state index in [1.165, 1.54) is 21.2 Å². The Kier molecular flexibility index (Phi) is 14.9. The maximum absolute atomic E-state index is 6.93. The van der Waals surface area contributed by atoms with E-state index in [1.54, 1.807) is 13.1 Å². The molecule has 1 aliphatic carbocycles. The maximum atomic E-state index is 6.93. The molecule has 2 atom stereocenters. The molecule has 0 fully saturated rings. The van der Waals surface area contributed by atoms with Crippen molar-refractivity contribution >= 4 is 37.2 Å². The van der Waals surface area contributed by atoms with E-state index in [0.717, 1.165) is 28.7 Å². The molecule has 4 heteroatoms. The van der Waals surface area contributed by atoms with Gasteiger partial charge in [0.25, 0.3) is 0 Å². The first-order chi connectivity index (χ1) is 21.6. The highest BCUT2D eigenvalue weighted by Gasteiger charge is 2.25. The number of terminal acetylenes is 1. The van der Waals surface area contributed by atoms with E-state index in [-0.39, 0.29) is 0 Å². The number of allylic oxidation sites excluding steroid dienone is 12. The van der Waals surface area contributed by atoms with E-state index in [2.05, 4.69) is 154 Å². The molecule has 4 rings (SSSR count). The summed E-state index contributed by atoms with van der Waals surface area (Å²) in [4.78, 5) is 4.72. The van der Waals surface area contributed by atoms with E-state index >= 15 is 0 Å². The van der Waals surface area contributed by atoms with Gasteiger partial charge in [-0.15, -0.1) is 12.3 Å². The Bertz CT molecular complexity index is 1630. The van der Waals surface area contributed by atoms with Crippen LogP contribution in [-0.4, -0.2) is 5.45 Å². The van der Waals surface area contributed by atoms with Crippen LogP contribution in [0.15, 0.2) is 168 Å². The number of nitrogens with zero attached hydrogens (tertiary/aromatic N) is 1. The van der Waals surface area contributed by atoms with Crippen molar-refractivity contribution < 1.29 is 4.74 Å². The fourth-order valence-electron chi connectivity index (χ4n) is 4.60. The second-order valence-corrected chi connectivity index (χ2v) is 13.7. The molecular formula is C40H41NOP2. The Balaban J connectivity index is 0.00000169. The van der Waals surface area contributed by atoms with Crippen molar-refractivity contribution in [2.24, 2.45) is 4.99 Å². The summed E-state index contributed by atoms with van der Waals surface area (Å²) in [5, 5.41) is 6.13. The average Bonchev–Trinajstić information content (AvgIpc) is 3.33. The zero-order valence-electron chi connectivity index (χ0n) is 26.1. The summed E-state index contributed by atoms with van der Waals surface area (Å²) >= 11 is 0. The summed E-state index contributed by atoms with van der Waals surface area (Å²) < 4.78 is 6.93. The number of aliphatic imine (C=N–C) groups is 1. The van der Waals surface area contributed by atoms with E-state index in [0.29, 0.717) is 0 Å². The van der Waals surface area contributed by atoms with Crippen LogP contribution < -0.4 is 20.7 Å². The molecular weight excluding hydrogens is 572 g/mol. The van der Waals surface area contributed by atoms with Crippen molar-refractivity contribution in [1.82, 2.24) is 0 Å². The highest BCUT2D eigenvalue weighted by molar-refractivity contribution is 7.88. The lowest BCUT2D eigenvalue weighted by Gasteiger charge is -2.25. The van der Waals surface area contributed by atoms with Gasteiger partial charge in [-0.25, -0.2) is 0 Å². The smallest absolute Gasteiger partial charge is 0.135 e. The predicted molar refractivity (Wildman–Crippen MR) is 199 cm³/mol. The molecule has 0 spiro atoms. The molecule has 0 N–H and O–H groups in total. The van der Waals surface area contributed by atoms with Crippen LogP contribution in [0.3, 0.4) is 0 Å². The van der Waals surface area contributed by atoms with E-state index in [1.807, 2.05) is 25.1 Å². The summed E-state index contributed by atoms with van der Waals surface area (Å²) in [5.41, 5.74) is 0.973. The predicted octanol–water partition coefficient (Wildman–Crippen LogP) is 10.7. The van der Waals surface area contributed by atoms with Gasteiger partial charge in [0.1, 0.15) is 11.5 Å². The SMILES string of the molecule is C#CC.C=CN=C(/C=C\C)P(c1ccccc1)c1ccccc1Oc1ccccc1P(C1=CCC=CC=C1)C(/C=C\C)=C/C. The van der Waals surface area contributed by atoms with Gasteiger partial charge in [0.2, 0.25) is 0 Å². The van der Waals surface area contributed by atoms with Crippen LogP contribution in [0.25, 0.3) is 0 Å². The van der Waals surface area contributed by atoms with Crippen molar-refractivity contribution in [2.45, 2.75) is 34.1 Å². The molecule has 0 heterocycles. The first-order valence-corrected chi connectivity index (χ1v) is 17.3. The third-order valence-electron chi connectivity index (χ3n) is 6.34. The molecule has 0 radical (unpaired) electrons. The van der Waals surface area contributed by atoms with Crippen molar-refractivity contribution in [3.63, 3.8) is 0 Å². The third-order valence-corrected chi connectivity index (χ3v) is 11.4. The topological polar surface area (TPSA) is 21.6 Å². The van der Waals surface area contributed by atoms with Gasteiger partial charge >= 0.3 is 0 Å². The number of ether oxygens (including phenoxy) is 1. The van der Waals surface area contributed by atoms with Crippen molar-refractivity contribution in [3.8, 4) is 23.8 Å². The third kappa shape index (κ3) is 9.36. The van der Waals surface area contributed by atoms with Gasteiger partial charge < -0.3 is 4.74 Å². The molecule has 0 aliphatic heterocycles. The lowest BCUT2D eigenvalue weighted by atomic mass is 10.3. The van der Waals surface area contributed by atoms with E-state index in [9.17, 15) is 0 Å². The number of benzene rings is 3. The van der Waals surface area contributed by atoms with Gasteiger partial charge in [-0.05, 0) is 76.2 Å². The van der Waals surface area contributed by atoms with Crippen LogP contribution in [0.4, 0.5) is 0 Å².